The van der Waals surface area contributed by atoms with Crippen molar-refractivity contribution in [1.29, 1.82) is 0 Å². The van der Waals surface area contributed by atoms with E-state index in [1.165, 1.54) is 6.07 Å². The number of nitrogens with one attached hydrogen (secondary N) is 1. The molecule has 0 fully saturated rings. The van der Waals surface area contributed by atoms with Gasteiger partial charge in [-0.3, -0.25) is 4.79 Å². The van der Waals surface area contributed by atoms with E-state index in [0.29, 0.717) is 17.0 Å². The second kappa shape index (κ2) is 7.06. The molecule has 0 aliphatic heterocycles. The molecule has 1 atom stereocenters. The Bertz CT molecular complexity index is 586. The summed E-state index contributed by atoms with van der Waals surface area (Å²) in [6, 6.07) is 4.70. The highest BCUT2D eigenvalue weighted by Crippen LogP contribution is 2.22. The van der Waals surface area contributed by atoms with Gasteiger partial charge >= 0.3 is 5.97 Å². The Labute approximate surface area is 124 Å². The fraction of sp³-hybridized carbons (Fsp3) is 0.462. The van der Waals surface area contributed by atoms with Gasteiger partial charge in [0.25, 0.3) is 0 Å². The van der Waals surface area contributed by atoms with Gasteiger partial charge in [-0.15, -0.1) is 0 Å². The lowest BCUT2D eigenvalue weighted by Crippen LogP contribution is -2.29. The molecule has 0 aromatic heterocycles. The molecule has 5 nitrogen and oxygen atoms in total. The van der Waals surface area contributed by atoms with Crippen molar-refractivity contribution in [2.75, 3.05) is 6.54 Å². The number of benzene rings is 1. The van der Waals surface area contributed by atoms with Gasteiger partial charge in [-0.25, -0.2) is 13.1 Å². The third kappa shape index (κ3) is 4.77. The van der Waals surface area contributed by atoms with E-state index in [2.05, 4.69) is 4.72 Å². The van der Waals surface area contributed by atoms with Crippen LogP contribution in [0.3, 0.4) is 0 Å². The minimum Gasteiger partial charge on any atom is -0.481 e. The maximum atomic E-state index is 12.2. The summed E-state index contributed by atoms with van der Waals surface area (Å²) in [5.41, 5.74) is 0.500. The molecule has 20 heavy (non-hydrogen) atoms. The molecule has 0 aliphatic rings. The first-order chi connectivity index (χ1) is 9.24. The Balaban J connectivity index is 2.71. The van der Waals surface area contributed by atoms with Crippen LogP contribution in [0.1, 0.15) is 25.3 Å². The second-order valence-electron chi connectivity index (χ2n) is 4.75. The summed E-state index contributed by atoms with van der Waals surface area (Å²) in [5.74, 6) is -0.939. The van der Waals surface area contributed by atoms with Crippen molar-refractivity contribution < 1.29 is 18.3 Å². The van der Waals surface area contributed by atoms with Crippen molar-refractivity contribution in [3.05, 3.63) is 28.8 Å². The molecular formula is C13H18ClNO4S. The maximum Gasteiger partial charge on any atom is 0.303 e. The fourth-order valence-electron chi connectivity index (χ4n) is 1.68. The monoisotopic (exact) mass is 319 g/mol. The number of carboxylic acid groups (broad SMARTS) is 1. The van der Waals surface area contributed by atoms with Crippen LogP contribution in [0.4, 0.5) is 0 Å². The average molecular weight is 320 g/mol. The summed E-state index contributed by atoms with van der Waals surface area (Å²) < 4.78 is 26.8. The first kappa shape index (κ1) is 16.9. The van der Waals surface area contributed by atoms with Crippen LogP contribution < -0.4 is 4.72 Å². The van der Waals surface area contributed by atoms with Crippen molar-refractivity contribution in [3.8, 4) is 0 Å². The van der Waals surface area contributed by atoms with Gasteiger partial charge in [-0.1, -0.05) is 24.6 Å². The summed E-state index contributed by atoms with van der Waals surface area (Å²) in [6.07, 6.45) is 0.450. The predicted octanol–water partition coefficient (Wildman–Crippen LogP) is 2.43. The van der Waals surface area contributed by atoms with Gasteiger partial charge in [0.2, 0.25) is 10.0 Å². The van der Waals surface area contributed by atoms with E-state index < -0.39 is 16.0 Å². The first-order valence-electron chi connectivity index (χ1n) is 6.20. The summed E-state index contributed by atoms with van der Waals surface area (Å²) in [7, 11) is -3.63. The zero-order valence-electron chi connectivity index (χ0n) is 11.4. The van der Waals surface area contributed by atoms with Crippen molar-refractivity contribution in [2.45, 2.75) is 31.6 Å². The van der Waals surface area contributed by atoms with Gasteiger partial charge in [0.15, 0.2) is 0 Å². The predicted molar refractivity (Wildman–Crippen MR) is 77.4 cm³/mol. The molecule has 1 aromatic rings. The summed E-state index contributed by atoms with van der Waals surface area (Å²) >= 11 is 5.91. The molecule has 0 bridgehead atoms. The van der Waals surface area contributed by atoms with Crippen LogP contribution in [0.25, 0.3) is 0 Å². The van der Waals surface area contributed by atoms with Crippen molar-refractivity contribution in [2.24, 2.45) is 5.92 Å². The van der Waals surface area contributed by atoms with Crippen LogP contribution in [-0.4, -0.2) is 26.0 Å². The van der Waals surface area contributed by atoms with E-state index in [-0.39, 0.29) is 23.8 Å². The van der Waals surface area contributed by atoms with Gasteiger partial charge in [0, 0.05) is 18.0 Å². The molecule has 0 heterocycles. The van der Waals surface area contributed by atoms with Gasteiger partial charge in [0.1, 0.15) is 0 Å². The van der Waals surface area contributed by atoms with Crippen LogP contribution in [0.15, 0.2) is 23.1 Å². The number of hydrogen-bond acceptors (Lipinski definition) is 3. The lowest BCUT2D eigenvalue weighted by molar-refractivity contribution is -0.137. The second-order valence-corrected chi connectivity index (χ2v) is 6.90. The van der Waals surface area contributed by atoms with E-state index in [1.54, 1.807) is 26.0 Å². The van der Waals surface area contributed by atoms with E-state index in [1.807, 2.05) is 0 Å². The smallest absolute Gasteiger partial charge is 0.303 e. The SMILES string of the molecule is Cc1c(Cl)cccc1S(=O)(=O)NCC(C)CCC(=O)O. The van der Waals surface area contributed by atoms with E-state index >= 15 is 0 Å². The summed E-state index contributed by atoms with van der Waals surface area (Å²) in [5, 5.41) is 8.98. The zero-order chi connectivity index (χ0) is 15.3. The topological polar surface area (TPSA) is 83.5 Å². The van der Waals surface area contributed by atoms with Gasteiger partial charge in [-0.05, 0) is 37.0 Å². The highest BCUT2D eigenvalue weighted by molar-refractivity contribution is 7.89. The highest BCUT2D eigenvalue weighted by Gasteiger charge is 2.18. The minimum absolute atomic E-state index is 0.0269. The normalized spacial score (nSPS) is 13.2. The maximum absolute atomic E-state index is 12.2. The van der Waals surface area contributed by atoms with Crippen LogP contribution >= 0.6 is 11.6 Å². The van der Waals surface area contributed by atoms with Crippen molar-refractivity contribution >= 4 is 27.6 Å². The lowest BCUT2D eigenvalue weighted by atomic mass is 10.1. The Morgan fingerprint density at radius 1 is 1.45 bits per heavy atom. The minimum atomic E-state index is -3.63. The zero-order valence-corrected chi connectivity index (χ0v) is 13.0. The van der Waals surface area contributed by atoms with Gasteiger partial charge in [0.05, 0.1) is 4.90 Å². The Morgan fingerprint density at radius 2 is 2.10 bits per heavy atom. The van der Waals surface area contributed by atoms with E-state index in [4.69, 9.17) is 16.7 Å². The average Bonchev–Trinajstić information content (AvgIpc) is 2.37. The highest BCUT2D eigenvalue weighted by atomic mass is 35.5. The number of rotatable bonds is 7. The molecule has 0 saturated carbocycles. The lowest BCUT2D eigenvalue weighted by Gasteiger charge is -2.13. The molecule has 0 spiro atoms. The molecule has 2 N–H and O–H groups in total. The molecule has 0 amide bonds. The number of halogens is 1. The van der Waals surface area contributed by atoms with E-state index in [9.17, 15) is 13.2 Å². The largest absolute Gasteiger partial charge is 0.481 e. The fourth-order valence-corrected chi connectivity index (χ4v) is 3.34. The molecule has 112 valence electrons. The van der Waals surface area contributed by atoms with E-state index in [0.717, 1.165) is 0 Å². The Kier molecular flexibility index (Phi) is 5.98. The Hall–Kier alpha value is -1.11. The molecule has 1 rings (SSSR count). The van der Waals surface area contributed by atoms with Crippen LogP contribution in [0.2, 0.25) is 5.02 Å². The molecule has 1 aromatic carbocycles. The van der Waals surface area contributed by atoms with Crippen molar-refractivity contribution in [1.82, 2.24) is 4.72 Å². The van der Waals surface area contributed by atoms with Crippen LogP contribution in [0, 0.1) is 12.8 Å². The molecule has 1 unspecified atom stereocenters. The third-order valence-electron chi connectivity index (χ3n) is 2.98. The quantitative estimate of drug-likeness (QED) is 0.808. The standard InChI is InChI=1S/C13H18ClNO4S/c1-9(6-7-13(16)17)8-15-20(18,19)12-5-3-4-11(14)10(12)2/h3-5,9,15H,6-8H2,1-2H3,(H,16,17). The van der Waals surface area contributed by atoms with Crippen LogP contribution in [0.5, 0.6) is 0 Å². The molecule has 0 radical (unpaired) electrons. The van der Waals surface area contributed by atoms with Gasteiger partial charge < -0.3 is 5.11 Å². The van der Waals surface area contributed by atoms with Crippen LogP contribution in [-0.2, 0) is 14.8 Å². The molecular weight excluding hydrogens is 302 g/mol. The Morgan fingerprint density at radius 3 is 2.70 bits per heavy atom. The number of aliphatic carboxylic acids is 1. The number of sulfonamides is 1. The number of carbonyl (C=O) groups is 1. The summed E-state index contributed by atoms with van der Waals surface area (Å²) in [6.45, 7) is 3.64. The molecule has 0 saturated heterocycles. The number of carboxylic acids is 1. The molecule has 7 heteroatoms. The van der Waals surface area contributed by atoms with Gasteiger partial charge in [-0.2, -0.15) is 0 Å². The third-order valence-corrected chi connectivity index (χ3v) is 4.96. The summed E-state index contributed by atoms with van der Waals surface area (Å²) in [4.78, 5) is 10.6. The first-order valence-corrected chi connectivity index (χ1v) is 8.06. The number of hydrogen-bond donors (Lipinski definition) is 2. The molecule has 0 aliphatic carbocycles. The van der Waals surface area contributed by atoms with Crippen molar-refractivity contribution in [3.63, 3.8) is 0 Å².